The van der Waals surface area contributed by atoms with E-state index in [1.807, 2.05) is 6.07 Å². The average molecular weight is 168 g/mol. The van der Waals surface area contributed by atoms with Crippen LogP contribution < -0.4 is 4.74 Å². The van der Waals surface area contributed by atoms with Crippen LogP contribution in [0, 0.1) is 0 Å². The summed E-state index contributed by atoms with van der Waals surface area (Å²) in [6.45, 7) is 3.58. The Kier molecular flexibility index (Phi) is 3.86. The molecule has 3 heteroatoms. The molecule has 0 amide bonds. The minimum Gasteiger partial charge on any atom is -0.504 e. The van der Waals surface area contributed by atoms with Gasteiger partial charge in [-0.3, -0.25) is 0 Å². The zero-order valence-corrected chi connectivity index (χ0v) is 6.87. The van der Waals surface area contributed by atoms with Crippen molar-refractivity contribution < 1.29 is 15.3 Å². The molecule has 0 aliphatic rings. The molecule has 0 radical (unpaired) electrons. The Labute approximate surface area is 71.2 Å². The minimum absolute atomic E-state index is 0. The molecule has 1 aromatic carbocycles. The van der Waals surface area contributed by atoms with E-state index in [2.05, 4.69) is 6.58 Å². The molecule has 66 valence electrons. The predicted octanol–water partition coefficient (Wildman–Crippen LogP) is 1.22. The number of methoxy groups -OCH3 is 1. The fourth-order valence-electron chi connectivity index (χ4n) is 0.834. The van der Waals surface area contributed by atoms with Crippen molar-refractivity contribution in [3.63, 3.8) is 0 Å². The molecule has 0 unspecified atom stereocenters. The van der Waals surface area contributed by atoms with Crippen LogP contribution in [0.15, 0.2) is 24.8 Å². The first-order valence-electron chi connectivity index (χ1n) is 3.27. The first-order chi connectivity index (χ1) is 5.27. The van der Waals surface area contributed by atoms with Gasteiger partial charge in [0.2, 0.25) is 0 Å². The van der Waals surface area contributed by atoms with Gasteiger partial charge in [-0.25, -0.2) is 0 Å². The van der Waals surface area contributed by atoms with Crippen LogP contribution in [0.3, 0.4) is 0 Å². The van der Waals surface area contributed by atoms with Crippen LogP contribution in [-0.4, -0.2) is 17.7 Å². The van der Waals surface area contributed by atoms with Crippen molar-refractivity contribution in [1.82, 2.24) is 0 Å². The maximum absolute atomic E-state index is 9.25. The molecule has 1 rings (SSSR count). The molecule has 0 bridgehead atoms. The average Bonchev–Trinajstić information content (AvgIpc) is 2.04. The van der Waals surface area contributed by atoms with Crippen LogP contribution in [-0.2, 0) is 0 Å². The van der Waals surface area contributed by atoms with E-state index in [0.29, 0.717) is 5.75 Å². The van der Waals surface area contributed by atoms with Gasteiger partial charge in [-0.1, -0.05) is 18.7 Å². The molecule has 0 saturated carbocycles. The third-order valence-electron chi connectivity index (χ3n) is 1.44. The van der Waals surface area contributed by atoms with Gasteiger partial charge in [0, 0.05) is 0 Å². The number of ether oxygens (including phenoxy) is 1. The van der Waals surface area contributed by atoms with E-state index < -0.39 is 0 Å². The summed E-state index contributed by atoms with van der Waals surface area (Å²) < 4.78 is 4.86. The maximum Gasteiger partial charge on any atom is 0.160 e. The van der Waals surface area contributed by atoms with Gasteiger partial charge in [-0.15, -0.1) is 0 Å². The normalized spacial score (nSPS) is 8.42. The lowest BCUT2D eigenvalue weighted by atomic mass is 10.2. The molecule has 0 fully saturated rings. The van der Waals surface area contributed by atoms with Gasteiger partial charge in [-0.05, 0) is 17.7 Å². The largest absolute Gasteiger partial charge is 0.504 e. The highest BCUT2D eigenvalue weighted by Gasteiger charge is 1.98. The van der Waals surface area contributed by atoms with Crippen LogP contribution in [0.5, 0.6) is 11.5 Å². The summed E-state index contributed by atoms with van der Waals surface area (Å²) in [4.78, 5) is 0. The Balaban J connectivity index is 0.00000121. The maximum atomic E-state index is 9.25. The first kappa shape index (κ1) is 10.5. The molecular weight excluding hydrogens is 156 g/mol. The summed E-state index contributed by atoms with van der Waals surface area (Å²) in [5.74, 6) is 0.625. The second-order valence-corrected chi connectivity index (χ2v) is 2.14. The van der Waals surface area contributed by atoms with Gasteiger partial charge >= 0.3 is 0 Å². The lowest BCUT2D eigenvalue weighted by Crippen LogP contribution is -1.83. The fourth-order valence-corrected chi connectivity index (χ4v) is 0.834. The van der Waals surface area contributed by atoms with Crippen molar-refractivity contribution >= 4 is 6.08 Å². The van der Waals surface area contributed by atoms with E-state index in [4.69, 9.17) is 4.74 Å². The molecule has 0 aliphatic carbocycles. The highest BCUT2D eigenvalue weighted by molar-refractivity contribution is 5.53. The van der Waals surface area contributed by atoms with Crippen LogP contribution in [0.4, 0.5) is 0 Å². The van der Waals surface area contributed by atoms with Gasteiger partial charge in [0.25, 0.3) is 0 Å². The van der Waals surface area contributed by atoms with Crippen LogP contribution in [0.2, 0.25) is 0 Å². The van der Waals surface area contributed by atoms with Crippen molar-refractivity contribution in [2.75, 3.05) is 7.11 Å². The Morgan fingerprint density at radius 3 is 2.58 bits per heavy atom. The number of hydrogen-bond donors (Lipinski definition) is 1. The van der Waals surface area contributed by atoms with Crippen molar-refractivity contribution in [1.29, 1.82) is 0 Å². The quantitative estimate of drug-likeness (QED) is 0.721. The Morgan fingerprint density at radius 2 is 2.17 bits per heavy atom. The number of rotatable bonds is 2. The molecule has 0 heterocycles. The zero-order valence-electron chi connectivity index (χ0n) is 6.87. The molecule has 0 aromatic heterocycles. The van der Waals surface area contributed by atoms with Gasteiger partial charge in [0.1, 0.15) is 0 Å². The summed E-state index contributed by atoms with van der Waals surface area (Å²) >= 11 is 0. The molecule has 0 aliphatic heterocycles. The Morgan fingerprint density at radius 1 is 1.50 bits per heavy atom. The number of hydrogen-bond acceptors (Lipinski definition) is 2. The van der Waals surface area contributed by atoms with E-state index in [9.17, 15) is 5.11 Å². The fraction of sp³-hybridized carbons (Fsp3) is 0.111. The third-order valence-corrected chi connectivity index (χ3v) is 1.44. The number of benzene rings is 1. The number of phenolic OH excluding ortho intramolecular Hbond substituents is 1. The van der Waals surface area contributed by atoms with E-state index >= 15 is 0 Å². The van der Waals surface area contributed by atoms with Crippen LogP contribution in [0.1, 0.15) is 5.56 Å². The van der Waals surface area contributed by atoms with Crippen molar-refractivity contribution in [3.05, 3.63) is 30.3 Å². The molecule has 3 nitrogen and oxygen atoms in total. The Hall–Kier alpha value is -1.48. The molecule has 1 aromatic rings. The first-order valence-corrected chi connectivity index (χ1v) is 3.27. The summed E-state index contributed by atoms with van der Waals surface area (Å²) in [6.07, 6.45) is 1.67. The summed E-state index contributed by atoms with van der Waals surface area (Å²) in [5.41, 5.74) is 0.878. The van der Waals surface area contributed by atoms with Crippen molar-refractivity contribution in [3.8, 4) is 11.5 Å². The summed E-state index contributed by atoms with van der Waals surface area (Å²) in [7, 11) is 1.52. The SMILES string of the molecule is C=Cc1ccc(OC)c(O)c1.O. The second-order valence-electron chi connectivity index (χ2n) is 2.14. The molecule has 0 atom stereocenters. The van der Waals surface area contributed by atoms with Gasteiger partial charge in [0.05, 0.1) is 7.11 Å². The smallest absolute Gasteiger partial charge is 0.160 e. The molecule has 0 spiro atoms. The van der Waals surface area contributed by atoms with Crippen LogP contribution >= 0.6 is 0 Å². The minimum atomic E-state index is 0. The highest BCUT2D eigenvalue weighted by Crippen LogP contribution is 2.26. The predicted molar refractivity (Wildman–Crippen MR) is 48.4 cm³/mol. The second kappa shape index (κ2) is 4.41. The summed E-state index contributed by atoms with van der Waals surface area (Å²) in [6, 6.07) is 5.13. The van der Waals surface area contributed by atoms with E-state index in [1.165, 1.54) is 7.11 Å². The number of aromatic hydroxyl groups is 1. The lowest BCUT2D eigenvalue weighted by molar-refractivity contribution is 0.373. The van der Waals surface area contributed by atoms with E-state index in [0.717, 1.165) is 5.56 Å². The Bertz CT molecular complexity index is 268. The van der Waals surface area contributed by atoms with Gasteiger partial charge in [-0.2, -0.15) is 0 Å². The standard InChI is InChI=1S/C9H10O2.H2O/c1-3-7-4-5-9(11-2)8(10)6-7;/h3-6,10H,1H2,2H3;1H2. The monoisotopic (exact) mass is 168 g/mol. The molecule has 12 heavy (non-hydrogen) atoms. The van der Waals surface area contributed by atoms with Gasteiger partial charge in [0.15, 0.2) is 11.5 Å². The van der Waals surface area contributed by atoms with Crippen molar-refractivity contribution in [2.24, 2.45) is 0 Å². The van der Waals surface area contributed by atoms with Gasteiger partial charge < -0.3 is 15.3 Å². The zero-order chi connectivity index (χ0) is 8.27. The lowest BCUT2D eigenvalue weighted by Gasteiger charge is -2.02. The number of phenols is 1. The van der Waals surface area contributed by atoms with E-state index in [1.54, 1.807) is 18.2 Å². The third kappa shape index (κ3) is 2.00. The topological polar surface area (TPSA) is 61.0 Å². The van der Waals surface area contributed by atoms with Crippen LogP contribution in [0.25, 0.3) is 6.08 Å². The molecular formula is C9H12O3. The molecule has 0 saturated heterocycles. The van der Waals surface area contributed by atoms with E-state index in [-0.39, 0.29) is 11.2 Å². The highest BCUT2D eigenvalue weighted by atomic mass is 16.5. The summed E-state index contributed by atoms with van der Waals surface area (Å²) in [5, 5.41) is 9.25. The molecule has 3 N–H and O–H groups in total. The van der Waals surface area contributed by atoms with Crippen molar-refractivity contribution in [2.45, 2.75) is 0 Å².